The third-order valence-electron chi connectivity index (χ3n) is 3.73. The Labute approximate surface area is 127 Å². The molecule has 1 amide bonds. The van der Waals surface area contributed by atoms with Gasteiger partial charge in [0.1, 0.15) is 5.69 Å². The van der Waals surface area contributed by atoms with Crippen molar-refractivity contribution < 1.29 is 4.79 Å². The highest BCUT2D eigenvalue weighted by Gasteiger charge is 2.24. The summed E-state index contributed by atoms with van der Waals surface area (Å²) in [6.45, 7) is 2.86. The van der Waals surface area contributed by atoms with Gasteiger partial charge < -0.3 is 9.88 Å². The summed E-state index contributed by atoms with van der Waals surface area (Å²) in [6, 6.07) is 2.23. The van der Waals surface area contributed by atoms with Gasteiger partial charge in [-0.1, -0.05) is 6.42 Å². The lowest BCUT2D eigenvalue weighted by Crippen LogP contribution is -2.39. The highest BCUT2D eigenvalue weighted by atomic mass is 79.9. The van der Waals surface area contributed by atoms with Gasteiger partial charge in [0.05, 0.1) is 0 Å². The van der Waals surface area contributed by atoms with Crippen molar-refractivity contribution in [3.05, 3.63) is 22.4 Å². The quantitative estimate of drug-likeness (QED) is 0.903. The summed E-state index contributed by atoms with van der Waals surface area (Å²) in [5, 5.41) is 3.89. The van der Waals surface area contributed by atoms with Gasteiger partial charge in [-0.15, -0.1) is 0 Å². The third-order valence-corrected chi connectivity index (χ3v) is 5.26. The Morgan fingerprint density at radius 2 is 2.37 bits per heavy atom. The highest BCUT2D eigenvalue weighted by Crippen LogP contribution is 2.27. The number of amides is 1. The van der Waals surface area contributed by atoms with Crippen molar-refractivity contribution >= 4 is 33.6 Å². The van der Waals surface area contributed by atoms with E-state index < -0.39 is 0 Å². The van der Waals surface area contributed by atoms with Crippen LogP contribution in [0.5, 0.6) is 0 Å². The van der Waals surface area contributed by atoms with Gasteiger partial charge in [0.2, 0.25) is 0 Å². The molecule has 1 aliphatic rings. The Bertz CT molecular complexity index is 447. The Morgan fingerprint density at radius 3 is 3.05 bits per heavy atom. The Kier molecular flexibility index (Phi) is 5.39. The molecule has 0 aromatic carbocycles. The van der Waals surface area contributed by atoms with Crippen LogP contribution in [0.3, 0.4) is 0 Å². The third kappa shape index (κ3) is 3.78. The van der Waals surface area contributed by atoms with Gasteiger partial charge in [0.15, 0.2) is 0 Å². The number of hydrogen-bond donors (Lipinski definition) is 1. The van der Waals surface area contributed by atoms with Gasteiger partial charge in [0.25, 0.3) is 5.91 Å². The second-order valence-corrected chi connectivity index (χ2v) is 7.08. The molecule has 1 N–H and O–H groups in total. The molecule has 1 heterocycles. The largest absolute Gasteiger partial charge is 0.348 e. The van der Waals surface area contributed by atoms with Crippen LogP contribution in [-0.2, 0) is 6.54 Å². The topological polar surface area (TPSA) is 34.0 Å². The van der Waals surface area contributed by atoms with Crippen LogP contribution < -0.4 is 5.32 Å². The van der Waals surface area contributed by atoms with E-state index in [1.807, 2.05) is 35.5 Å². The molecule has 3 nitrogen and oxygen atoms in total. The average Bonchev–Trinajstić information content (AvgIpc) is 2.80. The molecule has 1 aliphatic carbocycles. The smallest absolute Gasteiger partial charge is 0.268 e. The maximum atomic E-state index is 12.3. The number of hydrogen-bond acceptors (Lipinski definition) is 2. The molecule has 2 atom stereocenters. The summed E-state index contributed by atoms with van der Waals surface area (Å²) in [5.41, 5.74) is 0.751. The van der Waals surface area contributed by atoms with E-state index in [0.29, 0.717) is 11.3 Å². The van der Waals surface area contributed by atoms with E-state index in [0.717, 1.165) is 29.6 Å². The minimum Gasteiger partial charge on any atom is -0.348 e. The maximum absolute atomic E-state index is 12.3. The van der Waals surface area contributed by atoms with Crippen molar-refractivity contribution in [1.29, 1.82) is 0 Å². The summed E-state index contributed by atoms with van der Waals surface area (Å²) < 4.78 is 2.94. The van der Waals surface area contributed by atoms with E-state index in [2.05, 4.69) is 27.5 Å². The number of nitrogens with one attached hydrogen (secondary N) is 1. The van der Waals surface area contributed by atoms with Crippen molar-refractivity contribution in [2.24, 2.45) is 0 Å². The van der Waals surface area contributed by atoms with Gasteiger partial charge in [-0.2, -0.15) is 11.8 Å². The lowest BCUT2D eigenvalue weighted by atomic mass is 9.95. The maximum Gasteiger partial charge on any atom is 0.268 e. The molecule has 2 rings (SSSR count). The number of carbonyl (C=O) groups excluding carboxylic acids is 1. The molecule has 0 aliphatic heterocycles. The van der Waals surface area contributed by atoms with Crippen LogP contribution in [0.15, 0.2) is 16.7 Å². The molecule has 0 saturated heterocycles. The van der Waals surface area contributed by atoms with E-state index in [4.69, 9.17) is 0 Å². The van der Waals surface area contributed by atoms with Crippen LogP contribution in [0, 0.1) is 0 Å². The first-order valence-corrected chi connectivity index (χ1v) is 8.91. The van der Waals surface area contributed by atoms with E-state index >= 15 is 0 Å². The fraction of sp³-hybridized carbons (Fsp3) is 0.643. The Morgan fingerprint density at radius 1 is 1.58 bits per heavy atom. The Hall–Kier alpha value is -0.420. The van der Waals surface area contributed by atoms with Gasteiger partial charge in [0, 0.05) is 28.5 Å². The van der Waals surface area contributed by atoms with Gasteiger partial charge >= 0.3 is 0 Å². The normalized spacial score (nSPS) is 23.3. The fourth-order valence-corrected chi connectivity index (χ4v) is 3.97. The second kappa shape index (κ2) is 6.84. The number of thioether (sulfide) groups is 1. The molecular formula is C14H21BrN2OS. The summed E-state index contributed by atoms with van der Waals surface area (Å²) >= 11 is 5.35. The lowest BCUT2D eigenvalue weighted by Gasteiger charge is -2.28. The van der Waals surface area contributed by atoms with Gasteiger partial charge in [-0.3, -0.25) is 4.79 Å². The molecule has 1 fully saturated rings. The molecule has 1 saturated carbocycles. The van der Waals surface area contributed by atoms with Crippen molar-refractivity contribution in [3.63, 3.8) is 0 Å². The lowest BCUT2D eigenvalue weighted by molar-refractivity contribution is 0.0919. The fourth-order valence-electron chi connectivity index (χ4n) is 2.68. The molecule has 2 unspecified atom stereocenters. The van der Waals surface area contributed by atoms with Gasteiger partial charge in [-0.25, -0.2) is 0 Å². The van der Waals surface area contributed by atoms with Crippen molar-refractivity contribution in [2.75, 3.05) is 6.26 Å². The highest BCUT2D eigenvalue weighted by molar-refractivity contribution is 9.10. The minimum atomic E-state index is 0.0549. The monoisotopic (exact) mass is 344 g/mol. The molecule has 0 radical (unpaired) electrons. The first-order valence-electron chi connectivity index (χ1n) is 6.83. The summed E-state index contributed by atoms with van der Waals surface area (Å²) in [4.78, 5) is 12.3. The SMILES string of the molecule is CCn1cc(Br)cc1C(=O)NC1CCCC(SC)C1. The number of aromatic nitrogens is 1. The summed E-state index contributed by atoms with van der Waals surface area (Å²) in [7, 11) is 0. The number of aryl methyl sites for hydroxylation is 1. The van der Waals surface area contributed by atoms with Crippen molar-refractivity contribution in [1.82, 2.24) is 9.88 Å². The van der Waals surface area contributed by atoms with Crippen molar-refractivity contribution in [3.8, 4) is 0 Å². The van der Waals surface area contributed by atoms with Crippen molar-refractivity contribution in [2.45, 2.75) is 50.4 Å². The predicted octanol–water partition coefficient (Wildman–Crippen LogP) is 3.67. The molecule has 106 valence electrons. The zero-order valence-corrected chi connectivity index (χ0v) is 13.9. The average molecular weight is 345 g/mol. The van der Waals surface area contributed by atoms with E-state index in [1.165, 1.54) is 12.8 Å². The molecule has 0 spiro atoms. The second-order valence-electron chi connectivity index (χ2n) is 5.02. The number of nitrogens with zero attached hydrogens (tertiary/aromatic N) is 1. The molecule has 1 aromatic rings. The summed E-state index contributed by atoms with van der Waals surface area (Å²) in [6.07, 6.45) is 8.83. The van der Waals surface area contributed by atoms with Crippen LogP contribution >= 0.6 is 27.7 Å². The first-order chi connectivity index (χ1) is 9.13. The minimum absolute atomic E-state index is 0.0549. The number of carbonyl (C=O) groups is 1. The first kappa shape index (κ1) is 15.0. The predicted molar refractivity (Wildman–Crippen MR) is 84.8 cm³/mol. The van der Waals surface area contributed by atoms with Crippen LogP contribution in [0.4, 0.5) is 0 Å². The summed E-state index contributed by atoms with van der Waals surface area (Å²) in [5.74, 6) is 0.0549. The van der Waals surface area contributed by atoms with Crippen LogP contribution in [-0.4, -0.2) is 28.0 Å². The van der Waals surface area contributed by atoms with E-state index in [1.54, 1.807) is 0 Å². The molecule has 5 heteroatoms. The van der Waals surface area contributed by atoms with E-state index in [-0.39, 0.29) is 5.91 Å². The standard InChI is InChI=1S/C14H21BrN2OS/c1-3-17-9-10(15)7-13(17)14(18)16-11-5-4-6-12(8-11)19-2/h7,9,11-12H,3-6,8H2,1-2H3,(H,16,18). The van der Waals surface area contributed by atoms with Crippen LogP contribution in [0.2, 0.25) is 0 Å². The number of halogens is 1. The van der Waals surface area contributed by atoms with Crippen LogP contribution in [0.25, 0.3) is 0 Å². The van der Waals surface area contributed by atoms with Crippen LogP contribution in [0.1, 0.15) is 43.1 Å². The molecular weight excluding hydrogens is 324 g/mol. The number of rotatable bonds is 4. The zero-order valence-electron chi connectivity index (χ0n) is 11.5. The van der Waals surface area contributed by atoms with E-state index in [9.17, 15) is 4.79 Å². The molecule has 1 aromatic heterocycles. The molecule has 19 heavy (non-hydrogen) atoms. The Balaban J connectivity index is 2.00. The zero-order chi connectivity index (χ0) is 13.8. The molecule has 0 bridgehead atoms. The van der Waals surface area contributed by atoms with Gasteiger partial charge in [-0.05, 0) is 54.4 Å².